The van der Waals surface area contributed by atoms with Crippen LogP contribution in [0.2, 0.25) is 0 Å². The number of amides is 2. The second kappa shape index (κ2) is 7.20. The summed E-state index contributed by atoms with van der Waals surface area (Å²) in [6, 6.07) is 17.6. The first kappa shape index (κ1) is 16.6. The fraction of sp³-hybridized carbons (Fsp3) is 0.333. The number of hydrogen-bond donors (Lipinski definition) is 1. The van der Waals surface area contributed by atoms with Crippen LogP contribution < -0.4 is 10.1 Å². The fourth-order valence-corrected chi connectivity index (χ4v) is 3.69. The quantitative estimate of drug-likeness (QED) is 0.922. The third-order valence-corrected chi connectivity index (χ3v) is 5.08. The SMILES string of the molecule is O=C(N[C@@H]1CCOc2ccccc21)[C@H]1CC(=O)N(Cc2ccccc2)C1. The molecule has 2 aliphatic heterocycles. The van der Waals surface area contributed by atoms with Gasteiger partial charge in [-0.3, -0.25) is 9.59 Å². The molecule has 2 aromatic rings. The van der Waals surface area contributed by atoms with E-state index in [2.05, 4.69) is 5.32 Å². The molecule has 2 aromatic carbocycles. The van der Waals surface area contributed by atoms with Gasteiger partial charge in [-0.2, -0.15) is 0 Å². The molecule has 4 rings (SSSR count). The van der Waals surface area contributed by atoms with Crippen LogP contribution in [0.1, 0.15) is 30.0 Å². The van der Waals surface area contributed by atoms with E-state index >= 15 is 0 Å². The van der Waals surface area contributed by atoms with E-state index in [-0.39, 0.29) is 30.2 Å². The summed E-state index contributed by atoms with van der Waals surface area (Å²) in [6.45, 7) is 1.62. The molecule has 26 heavy (non-hydrogen) atoms. The number of nitrogens with zero attached hydrogens (tertiary/aromatic N) is 1. The van der Waals surface area contributed by atoms with E-state index in [4.69, 9.17) is 4.74 Å². The van der Waals surface area contributed by atoms with E-state index in [0.717, 1.165) is 23.3 Å². The van der Waals surface area contributed by atoms with Gasteiger partial charge in [-0.25, -0.2) is 0 Å². The number of hydrogen-bond acceptors (Lipinski definition) is 3. The fourth-order valence-electron chi connectivity index (χ4n) is 3.69. The molecule has 2 atom stereocenters. The van der Waals surface area contributed by atoms with Crippen molar-refractivity contribution in [2.75, 3.05) is 13.2 Å². The van der Waals surface area contributed by atoms with Gasteiger partial charge in [-0.05, 0) is 11.6 Å². The van der Waals surface area contributed by atoms with E-state index in [1.54, 1.807) is 4.90 Å². The van der Waals surface area contributed by atoms with Crippen LogP contribution in [0.15, 0.2) is 54.6 Å². The summed E-state index contributed by atoms with van der Waals surface area (Å²) >= 11 is 0. The molecule has 0 radical (unpaired) electrons. The second-order valence-corrected chi connectivity index (χ2v) is 6.90. The van der Waals surface area contributed by atoms with Crippen LogP contribution in [-0.2, 0) is 16.1 Å². The van der Waals surface area contributed by atoms with Gasteiger partial charge in [-0.1, -0.05) is 48.5 Å². The highest BCUT2D eigenvalue weighted by molar-refractivity contribution is 5.89. The largest absolute Gasteiger partial charge is 0.493 e. The van der Waals surface area contributed by atoms with Crippen LogP contribution in [0, 0.1) is 5.92 Å². The normalized spacial score (nSPS) is 21.8. The molecule has 1 fully saturated rings. The summed E-state index contributed by atoms with van der Waals surface area (Å²) in [5, 5.41) is 3.12. The van der Waals surface area contributed by atoms with E-state index in [0.29, 0.717) is 19.7 Å². The number of fused-ring (bicyclic) bond motifs is 1. The predicted molar refractivity (Wildman–Crippen MR) is 97.4 cm³/mol. The maximum absolute atomic E-state index is 12.7. The molecule has 0 unspecified atom stereocenters. The van der Waals surface area contributed by atoms with E-state index < -0.39 is 0 Å². The Kier molecular flexibility index (Phi) is 4.61. The van der Waals surface area contributed by atoms with Crippen LogP contribution in [0.3, 0.4) is 0 Å². The Morgan fingerprint density at radius 2 is 1.88 bits per heavy atom. The Balaban J connectivity index is 1.40. The molecule has 0 aromatic heterocycles. The third-order valence-electron chi connectivity index (χ3n) is 5.08. The molecular formula is C21H22N2O3. The maximum Gasteiger partial charge on any atom is 0.225 e. The number of rotatable bonds is 4. The number of carbonyl (C=O) groups is 2. The summed E-state index contributed by atoms with van der Waals surface area (Å²) < 4.78 is 5.65. The van der Waals surface area contributed by atoms with E-state index in [9.17, 15) is 9.59 Å². The molecule has 0 aliphatic carbocycles. The lowest BCUT2D eigenvalue weighted by atomic mass is 9.99. The average molecular weight is 350 g/mol. The molecular weight excluding hydrogens is 328 g/mol. The summed E-state index contributed by atoms with van der Waals surface area (Å²) in [5.41, 5.74) is 2.10. The van der Waals surface area contributed by atoms with Crippen molar-refractivity contribution >= 4 is 11.8 Å². The van der Waals surface area contributed by atoms with Gasteiger partial charge in [0.25, 0.3) is 0 Å². The minimum absolute atomic E-state index is 0.0429. The molecule has 5 heteroatoms. The van der Waals surface area contributed by atoms with Crippen molar-refractivity contribution in [1.29, 1.82) is 0 Å². The molecule has 134 valence electrons. The lowest BCUT2D eigenvalue weighted by Gasteiger charge is -2.27. The second-order valence-electron chi connectivity index (χ2n) is 6.90. The van der Waals surface area contributed by atoms with Crippen molar-refractivity contribution in [2.24, 2.45) is 5.92 Å². The zero-order valence-electron chi connectivity index (χ0n) is 14.6. The number of carbonyl (C=O) groups excluding carboxylic acids is 2. The van der Waals surface area contributed by atoms with Gasteiger partial charge in [0.15, 0.2) is 0 Å². The van der Waals surface area contributed by atoms with Gasteiger partial charge < -0.3 is 15.0 Å². The van der Waals surface area contributed by atoms with Crippen LogP contribution in [0.5, 0.6) is 5.75 Å². The van der Waals surface area contributed by atoms with Crippen molar-refractivity contribution in [3.63, 3.8) is 0 Å². The molecule has 1 N–H and O–H groups in total. The highest BCUT2D eigenvalue weighted by atomic mass is 16.5. The lowest BCUT2D eigenvalue weighted by molar-refractivity contribution is -0.129. The zero-order chi connectivity index (χ0) is 17.9. The van der Waals surface area contributed by atoms with Crippen molar-refractivity contribution < 1.29 is 14.3 Å². The highest BCUT2D eigenvalue weighted by Crippen LogP contribution is 2.32. The minimum Gasteiger partial charge on any atom is -0.493 e. The first-order chi connectivity index (χ1) is 12.7. The Morgan fingerprint density at radius 1 is 1.12 bits per heavy atom. The number of benzene rings is 2. The molecule has 1 saturated heterocycles. The smallest absolute Gasteiger partial charge is 0.225 e. The van der Waals surface area contributed by atoms with Crippen molar-refractivity contribution in [2.45, 2.75) is 25.4 Å². The Bertz CT molecular complexity index is 806. The molecule has 0 bridgehead atoms. The van der Waals surface area contributed by atoms with Gasteiger partial charge in [0.2, 0.25) is 11.8 Å². The van der Waals surface area contributed by atoms with Crippen molar-refractivity contribution in [1.82, 2.24) is 10.2 Å². The van der Waals surface area contributed by atoms with Gasteiger partial charge in [0, 0.05) is 31.5 Å². The topological polar surface area (TPSA) is 58.6 Å². The molecule has 2 aliphatic rings. The molecule has 0 saturated carbocycles. The van der Waals surface area contributed by atoms with Crippen LogP contribution in [-0.4, -0.2) is 29.9 Å². The van der Waals surface area contributed by atoms with Crippen LogP contribution >= 0.6 is 0 Å². The number of likely N-dealkylation sites (tertiary alicyclic amines) is 1. The average Bonchev–Trinajstić information content (AvgIpc) is 3.03. The van der Waals surface area contributed by atoms with Crippen LogP contribution in [0.25, 0.3) is 0 Å². The Labute approximate surface area is 153 Å². The summed E-state index contributed by atoms with van der Waals surface area (Å²) in [5.74, 6) is 0.537. The zero-order valence-corrected chi connectivity index (χ0v) is 14.6. The first-order valence-corrected chi connectivity index (χ1v) is 9.04. The summed E-state index contributed by atoms with van der Waals surface area (Å²) in [7, 11) is 0. The summed E-state index contributed by atoms with van der Waals surface area (Å²) in [4.78, 5) is 26.8. The predicted octanol–water partition coefficient (Wildman–Crippen LogP) is 2.68. The van der Waals surface area contributed by atoms with Crippen LogP contribution in [0.4, 0.5) is 0 Å². The lowest BCUT2D eigenvalue weighted by Crippen LogP contribution is -2.37. The number of para-hydroxylation sites is 1. The molecule has 2 amide bonds. The summed E-state index contributed by atoms with van der Waals surface area (Å²) in [6.07, 6.45) is 1.03. The van der Waals surface area contributed by atoms with Gasteiger partial charge in [0.1, 0.15) is 5.75 Å². The minimum atomic E-state index is -0.291. The van der Waals surface area contributed by atoms with E-state index in [1.165, 1.54) is 0 Å². The van der Waals surface area contributed by atoms with Crippen molar-refractivity contribution in [3.8, 4) is 5.75 Å². The molecule has 5 nitrogen and oxygen atoms in total. The maximum atomic E-state index is 12.7. The van der Waals surface area contributed by atoms with E-state index in [1.807, 2.05) is 54.6 Å². The highest BCUT2D eigenvalue weighted by Gasteiger charge is 2.35. The molecule has 2 heterocycles. The number of ether oxygens (including phenoxy) is 1. The third kappa shape index (κ3) is 3.43. The van der Waals surface area contributed by atoms with Gasteiger partial charge in [0.05, 0.1) is 18.6 Å². The van der Waals surface area contributed by atoms with Gasteiger partial charge in [-0.15, -0.1) is 0 Å². The van der Waals surface area contributed by atoms with Gasteiger partial charge >= 0.3 is 0 Å². The monoisotopic (exact) mass is 350 g/mol. The Hall–Kier alpha value is -2.82. The molecule has 0 spiro atoms. The first-order valence-electron chi connectivity index (χ1n) is 9.04. The standard InChI is InChI=1S/C21H22N2O3/c24-20-12-16(14-23(20)13-15-6-2-1-3-7-15)21(25)22-18-10-11-26-19-9-5-4-8-17(18)19/h1-9,16,18H,10-14H2,(H,22,25)/t16-,18+/m0/s1. The number of nitrogens with one attached hydrogen (secondary N) is 1. The van der Waals surface area contributed by atoms with Crippen molar-refractivity contribution in [3.05, 3.63) is 65.7 Å². The Morgan fingerprint density at radius 3 is 2.73 bits per heavy atom.